The fraction of sp³-hybridized carbons (Fsp3) is 0.600. The molecule has 29 heavy (non-hydrogen) atoms. The van der Waals surface area contributed by atoms with Crippen molar-refractivity contribution in [3.63, 3.8) is 0 Å². The quantitative estimate of drug-likeness (QED) is 0.163. The molecule has 0 unspecified atom stereocenters. The van der Waals surface area contributed by atoms with Crippen molar-refractivity contribution in [2.75, 3.05) is 6.61 Å². The Morgan fingerprint density at radius 2 is 1.55 bits per heavy atom. The molecule has 0 radical (unpaired) electrons. The van der Waals surface area contributed by atoms with Gasteiger partial charge in [0.05, 0.1) is 0 Å². The molecule has 4 nitrogen and oxygen atoms in total. The van der Waals surface area contributed by atoms with Gasteiger partial charge >= 0.3 is 11.9 Å². The molecule has 0 saturated heterocycles. The van der Waals surface area contributed by atoms with Crippen molar-refractivity contribution in [1.29, 1.82) is 0 Å². The minimum atomic E-state index is -0.339. The maximum Gasteiger partial charge on any atom is 0.311 e. The van der Waals surface area contributed by atoms with Gasteiger partial charge in [-0.25, -0.2) is 0 Å². The highest BCUT2D eigenvalue weighted by Gasteiger charge is 2.08. The van der Waals surface area contributed by atoms with Gasteiger partial charge < -0.3 is 9.47 Å². The normalized spacial score (nSPS) is 10.1. The summed E-state index contributed by atoms with van der Waals surface area (Å²) in [5.74, 6) is 5.81. The van der Waals surface area contributed by atoms with E-state index in [-0.39, 0.29) is 31.4 Å². The molecular weight excluding hydrogens is 364 g/mol. The first-order chi connectivity index (χ1) is 14.1. The molecule has 0 aliphatic carbocycles. The molecule has 0 amide bonds. The minimum Gasteiger partial charge on any atom is -0.452 e. The Balaban J connectivity index is 1.98. The van der Waals surface area contributed by atoms with E-state index in [9.17, 15) is 9.59 Å². The van der Waals surface area contributed by atoms with E-state index in [1.54, 1.807) is 12.1 Å². The number of ether oxygens (including phenoxy) is 2. The Hall–Kier alpha value is -2.28. The maximum atomic E-state index is 11.8. The van der Waals surface area contributed by atoms with Gasteiger partial charge in [-0.05, 0) is 37.5 Å². The van der Waals surface area contributed by atoms with Crippen molar-refractivity contribution >= 4 is 11.9 Å². The molecule has 0 atom stereocenters. The summed E-state index contributed by atoms with van der Waals surface area (Å²) in [6.07, 6.45) is 11.9. The Morgan fingerprint density at radius 1 is 0.862 bits per heavy atom. The number of hydrogen-bond donors (Lipinski definition) is 0. The van der Waals surface area contributed by atoms with E-state index in [1.165, 1.54) is 44.9 Å². The lowest BCUT2D eigenvalue weighted by Crippen LogP contribution is -2.10. The molecular formula is C25H36O4. The Morgan fingerprint density at radius 3 is 2.28 bits per heavy atom. The van der Waals surface area contributed by atoms with Gasteiger partial charge in [-0.2, -0.15) is 0 Å². The number of benzene rings is 1. The van der Waals surface area contributed by atoms with Gasteiger partial charge in [0.2, 0.25) is 0 Å². The van der Waals surface area contributed by atoms with Crippen LogP contribution in [0.5, 0.6) is 5.75 Å². The van der Waals surface area contributed by atoms with E-state index in [0.29, 0.717) is 12.2 Å². The number of unbranched alkanes of at least 4 members (excludes halogenated alkanes) is 8. The first-order valence-electron chi connectivity index (χ1n) is 11.0. The first-order valence-corrected chi connectivity index (χ1v) is 11.0. The van der Waals surface area contributed by atoms with Gasteiger partial charge in [-0.15, -0.1) is 0 Å². The molecule has 0 aromatic heterocycles. The summed E-state index contributed by atoms with van der Waals surface area (Å²) < 4.78 is 10.3. The highest BCUT2D eigenvalue weighted by molar-refractivity contribution is 5.74. The van der Waals surface area contributed by atoms with E-state index >= 15 is 0 Å². The topological polar surface area (TPSA) is 52.6 Å². The summed E-state index contributed by atoms with van der Waals surface area (Å²) in [6.45, 7) is 4.30. The molecule has 160 valence electrons. The second-order valence-electron chi connectivity index (χ2n) is 7.38. The molecule has 0 N–H and O–H groups in total. The van der Waals surface area contributed by atoms with Crippen LogP contribution in [0.1, 0.15) is 89.5 Å². The Kier molecular flexibility index (Phi) is 14.2. The van der Waals surface area contributed by atoms with Crippen molar-refractivity contribution in [1.82, 2.24) is 0 Å². The van der Waals surface area contributed by atoms with Gasteiger partial charge in [0.25, 0.3) is 0 Å². The van der Waals surface area contributed by atoms with Crippen LogP contribution in [0.4, 0.5) is 0 Å². The zero-order chi connectivity index (χ0) is 21.2. The molecule has 1 rings (SSSR count). The average Bonchev–Trinajstić information content (AvgIpc) is 2.69. The molecule has 0 aliphatic heterocycles. The standard InChI is InChI=1S/C25H36O4/c1-3-4-5-6-7-8-9-10-11-12-13-20-28-24(26)18-15-19-25(27)29-23-17-14-16-22(2)21-23/h14,16-17,21H,3-11,15,18-20H2,1-2H3. The van der Waals surface area contributed by atoms with Crippen LogP contribution in [0.25, 0.3) is 0 Å². The van der Waals surface area contributed by atoms with Gasteiger partial charge in [-0.1, -0.05) is 75.8 Å². The SMILES string of the molecule is CCCCCCCCCCC#CCOC(=O)CCCC(=O)Oc1cccc(C)c1. The van der Waals surface area contributed by atoms with Crippen molar-refractivity contribution in [2.45, 2.75) is 90.9 Å². The number of aryl methyl sites for hydroxylation is 1. The summed E-state index contributed by atoms with van der Waals surface area (Å²) >= 11 is 0. The summed E-state index contributed by atoms with van der Waals surface area (Å²) in [7, 11) is 0. The Bertz CT molecular complexity index is 654. The Labute approximate surface area is 176 Å². The highest BCUT2D eigenvalue weighted by atomic mass is 16.5. The molecule has 0 aliphatic rings. The van der Waals surface area contributed by atoms with E-state index in [2.05, 4.69) is 18.8 Å². The van der Waals surface area contributed by atoms with Crippen LogP contribution in [0.3, 0.4) is 0 Å². The second kappa shape index (κ2) is 16.7. The molecule has 0 spiro atoms. The molecule has 0 saturated carbocycles. The molecule has 0 fully saturated rings. The maximum absolute atomic E-state index is 11.8. The number of carbonyl (C=O) groups excluding carboxylic acids is 2. The van der Waals surface area contributed by atoms with Crippen LogP contribution in [0, 0.1) is 18.8 Å². The first kappa shape index (κ1) is 24.8. The largest absolute Gasteiger partial charge is 0.452 e. The average molecular weight is 401 g/mol. The highest BCUT2D eigenvalue weighted by Crippen LogP contribution is 2.13. The van der Waals surface area contributed by atoms with Crippen molar-refractivity contribution < 1.29 is 19.1 Å². The third kappa shape index (κ3) is 14.4. The van der Waals surface area contributed by atoms with Crippen molar-refractivity contribution in [3.05, 3.63) is 29.8 Å². The third-order valence-corrected chi connectivity index (χ3v) is 4.57. The fourth-order valence-electron chi connectivity index (χ4n) is 2.91. The van der Waals surface area contributed by atoms with Crippen LogP contribution in [0.15, 0.2) is 24.3 Å². The van der Waals surface area contributed by atoms with Crippen LogP contribution >= 0.6 is 0 Å². The zero-order valence-electron chi connectivity index (χ0n) is 18.1. The predicted octanol–water partition coefficient (Wildman–Crippen LogP) is 6.15. The van der Waals surface area contributed by atoms with Gasteiger partial charge in [0.1, 0.15) is 5.75 Å². The lowest BCUT2D eigenvalue weighted by atomic mass is 10.1. The monoisotopic (exact) mass is 400 g/mol. The van der Waals surface area contributed by atoms with Crippen LogP contribution in [-0.2, 0) is 14.3 Å². The minimum absolute atomic E-state index is 0.129. The summed E-state index contributed by atoms with van der Waals surface area (Å²) in [5, 5.41) is 0. The van der Waals surface area contributed by atoms with Crippen LogP contribution in [-0.4, -0.2) is 18.5 Å². The molecule has 0 bridgehead atoms. The van der Waals surface area contributed by atoms with Gasteiger partial charge in [0.15, 0.2) is 6.61 Å². The number of hydrogen-bond acceptors (Lipinski definition) is 4. The molecule has 1 aromatic rings. The lowest BCUT2D eigenvalue weighted by Gasteiger charge is -2.05. The van der Waals surface area contributed by atoms with E-state index in [0.717, 1.165) is 18.4 Å². The molecule has 4 heteroatoms. The predicted molar refractivity (Wildman–Crippen MR) is 117 cm³/mol. The lowest BCUT2D eigenvalue weighted by molar-refractivity contribution is -0.142. The van der Waals surface area contributed by atoms with Crippen molar-refractivity contribution in [3.8, 4) is 17.6 Å². The molecule has 0 heterocycles. The van der Waals surface area contributed by atoms with E-state index < -0.39 is 0 Å². The second-order valence-corrected chi connectivity index (χ2v) is 7.38. The third-order valence-electron chi connectivity index (χ3n) is 4.57. The number of esters is 2. The van der Waals surface area contributed by atoms with Crippen LogP contribution in [0.2, 0.25) is 0 Å². The smallest absolute Gasteiger partial charge is 0.311 e. The molecule has 1 aromatic carbocycles. The number of rotatable bonds is 14. The van der Waals surface area contributed by atoms with Gasteiger partial charge in [0, 0.05) is 19.3 Å². The summed E-state index contributed by atoms with van der Waals surface area (Å²) in [4.78, 5) is 23.4. The van der Waals surface area contributed by atoms with Gasteiger partial charge in [-0.3, -0.25) is 9.59 Å². The zero-order valence-corrected chi connectivity index (χ0v) is 18.1. The summed E-state index contributed by atoms with van der Waals surface area (Å²) in [5.41, 5.74) is 1.03. The summed E-state index contributed by atoms with van der Waals surface area (Å²) in [6, 6.07) is 7.32. The van der Waals surface area contributed by atoms with E-state index in [1.807, 2.05) is 19.1 Å². The van der Waals surface area contributed by atoms with E-state index in [4.69, 9.17) is 9.47 Å². The van der Waals surface area contributed by atoms with Crippen LogP contribution < -0.4 is 4.74 Å². The van der Waals surface area contributed by atoms with Crippen molar-refractivity contribution in [2.24, 2.45) is 0 Å². The number of carbonyl (C=O) groups is 2. The fourth-order valence-corrected chi connectivity index (χ4v) is 2.91.